The molecular weight excluding hydrogens is 366 g/mol. The maximum atomic E-state index is 12.8. The van der Waals surface area contributed by atoms with Gasteiger partial charge in [0.2, 0.25) is 5.91 Å². The number of amides is 1. The third-order valence-electron chi connectivity index (χ3n) is 5.22. The molecule has 6 nitrogen and oxygen atoms in total. The molecule has 0 aromatic carbocycles. The monoisotopic (exact) mass is 391 g/mol. The minimum atomic E-state index is -0.966. The van der Waals surface area contributed by atoms with Crippen molar-refractivity contribution in [3.8, 4) is 0 Å². The number of thiophene rings is 1. The van der Waals surface area contributed by atoms with E-state index in [1.54, 1.807) is 13.0 Å². The Morgan fingerprint density at radius 1 is 1.15 bits per heavy atom. The summed E-state index contributed by atoms with van der Waals surface area (Å²) >= 11 is 1.43. The predicted octanol–water partition coefficient (Wildman–Crippen LogP) is 3.80. The van der Waals surface area contributed by atoms with Crippen LogP contribution in [0.2, 0.25) is 0 Å². The standard InChI is InChI=1S/C20H25NO5S/c1-2-26-20(25)16-14-10-4-3-5-11-15(14)27-18(16)21-17(22)12-8-6-7-9-13(12)19(23)24/h6-7,12-13H,2-5,8-11H2,1H3,(H,21,22)(H,23,24)/t12-,13+/m1/s1. The fraction of sp³-hybridized carbons (Fsp3) is 0.550. The number of carbonyl (C=O) groups is 3. The number of carbonyl (C=O) groups excluding carboxylic acids is 2. The van der Waals surface area contributed by atoms with Crippen LogP contribution in [0.25, 0.3) is 0 Å². The summed E-state index contributed by atoms with van der Waals surface area (Å²) in [5.74, 6) is -3.09. The van der Waals surface area contributed by atoms with E-state index in [0.717, 1.165) is 42.5 Å². The Morgan fingerprint density at radius 2 is 1.85 bits per heavy atom. The molecule has 2 aliphatic carbocycles. The number of hydrogen-bond acceptors (Lipinski definition) is 5. The highest BCUT2D eigenvalue weighted by atomic mass is 32.1. The number of fused-ring (bicyclic) bond motifs is 1. The molecule has 3 rings (SSSR count). The SMILES string of the molecule is CCOC(=O)c1c(NC(=O)[C@@H]2CC=CC[C@@H]2C(=O)O)sc2c1CCCCC2. The van der Waals surface area contributed by atoms with E-state index >= 15 is 0 Å². The van der Waals surface area contributed by atoms with Crippen molar-refractivity contribution in [1.29, 1.82) is 0 Å². The Bertz CT molecular complexity index is 767. The molecule has 0 spiro atoms. The van der Waals surface area contributed by atoms with E-state index in [2.05, 4.69) is 5.32 Å². The first-order valence-corrected chi connectivity index (χ1v) is 10.3. The lowest BCUT2D eigenvalue weighted by atomic mass is 9.82. The minimum absolute atomic E-state index is 0.269. The number of carboxylic acids is 1. The number of esters is 1. The van der Waals surface area contributed by atoms with Crippen LogP contribution in [0.4, 0.5) is 5.00 Å². The molecule has 1 aromatic rings. The smallest absolute Gasteiger partial charge is 0.341 e. The van der Waals surface area contributed by atoms with Gasteiger partial charge in [0.15, 0.2) is 0 Å². The molecule has 0 radical (unpaired) electrons. The van der Waals surface area contributed by atoms with Crippen molar-refractivity contribution in [1.82, 2.24) is 0 Å². The summed E-state index contributed by atoms with van der Waals surface area (Å²) in [6.45, 7) is 2.03. The maximum Gasteiger partial charge on any atom is 0.341 e. The summed E-state index contributed by atoms with van der Waals surface area (Å²) in [6.07, 6.45) is 9.29. The molecule has 27 heavy (non-hydrogen) atoms. The van der Waals surface area contributed by atoms with Crippen LogP contribution in [0.1, 0.15) is 59.8 Å². The lowest BCUT2D eigenvalue weighted by Crippen LogP contribution is -2.34. The van der Waals surface area contributed by atoms with E-state index in [0.29, 0.717) is 23.4 Å². The first-order valence-electron chi connectivity index (χ1n) is 9.53. The van der Waals surface area contributed by atoms with Crippen molar-refractivity contribution in [2.45, 2.75) is 51.9 Å². The van der Waals surface area contributed by atoms with Crippen LogP contribution in [-0.4, -0.2) is 29.6 Å². The Hall–Kier alpha value is -2.15. The van der Waals surface area contributed by atoms with Gasteiger partial charge in [0.05, 0.1) is 24.0 Å². The zero-order chi connectivity index (χ0) is 19.4. The molecule has 0 fully saturated rings. The summed E-state index contributed by atoms with van der Waals surface area (Å²) in [4.78, 5) is 38.0. The van der Waals surface area contributed by atoms with Crippen molar-refractivity contribution >= 4 is 34.2 Å². The number of ether oxygens (including phenoxy) is 1. The number of aliphatic carboxylic acids is 1. The molecule has 7 heteroatoms. The van der Waals surface area contributed by atoms with Gasteiger partial charge in [-0.05, 0) is 51.0 Å². The van der Waals surface area contributed by atoms with Gasteiger partial charge in [-0.15, -0.1) is 11.3 Å². The van der Waals surface area contributed by atoms with Crippen LogP contribution in [-0.2, 0) is 27.2 Å². The summed E-state index contributed by atoms with van der Waals surface area (Å²) in [5.41, 5.74) is 1.45. The lowest BCUT2D eigenvalue weighted by molar-refractivity contribution is -0.146. The second kappa shape index (κ2) is 8.69. The topological polar surface area (TPSA) is 92.7 Å². The molecule has 1 heterocycles. The lowest BCUT2D eigenvalue weighted by Gasteiger charge is -2.24. The molecule has 0 aliphatic heterocycles. The molecule has 0 unspecified atom stereocenters. The molecule has 146 valence electrons. The highest BCUT2D eigenvalue weighted by molar-refractivity contribution is 7.17. The largest absolute Gasteiger partial charge is 0.481 e. The van der Waals surface area contributed by atoms with Gasteiger partial charge in [0.25, 0.3) is 0 Å². The molecule has 2 atom stereocenters. The number of hydrogen-bond donors (Lipinski definition) is 2. The number of allylic oxidation sites excluding steroid dienone is 2. The highest BCUT2D eigenvalue weighted by Crippen LogP contribution is 2.39. The molecule has 0 bridgehead atoms. The molecule has 2 aliphatic rings. The minimum Gasteiger partial charge on any atom is -0.481 e. The van der Waals surface area contributed by atoms with Gasteiger partial charge in [0.1, 0.15) is 5.00 Å². The second-order valence-corrected chi connectivity index (χ2v) is 8.08. The van der Waals surface area contributed by atoms with Crippen LogP contribution in [0.5, 0.6) is 0 Å². The number of rotatable bonds is 5. The van der Waals surface area contributed by atoms with E-state index in [1.807, 2.05) is 6.08 Å². The van der Waals surface area contributed by atoms with Crippen LogP contribution in [0.15, 0.2) is 12.2 Å². The first-order chi connectivity index (χ1) is 13.0. The van der Waals surface area contributed by atoms with Crippen LogP contribution < -0.4 is 5.32 Å². The zero-order valence-corrected chi connectivity index (χ0v) is 16.3. The molecule has 1 amide bonds. The molecular formula is C20H25NO5S. The molecule has 2 N–H and O–H groups in total. The zero-order valence-electron chi connectivity index (χ0n) is 15.5. The number of carboxylic acid groups (broad SMARTS) is 1. The van der Waals surface area contributed by atoms with Crippen molar-refractivity contribution in [2.24, 2.45) is 11.8 Å². The van der Waals surface area contributed by atoms with E-state index < -0.39 is 23.8 Å². The van der Waals surface area contributed by atoms with Crippen molar-refractivity contribution in [3.05, 3.63) is 28.2 Å². The van der Waals surface area contributed by atoms with Gasteiger partial charge in [-0.1, -0.05) is 18.6 Å². The van der Waals surface area contributed by atoms with Gasteiger partial charge < -0.3 is 15.2 Å². The predicted molar refractivity (Wildman–Crippen MR) is 103 cm³/mol. The summed E-state index contributed by atoms with van der Waals surface area (Å²) < 4.78 is 5.23. The molecule has 1 aromatic heterocycles. The Balaban J connectivity index is 1.89. The fourth-order valence-corrected chi connectivity index (χ4v) is 5.11. The highest BCUT2D eigenvalue weighted by Gasteiger charge is 2.35. The first kappa shape index (κ1) is 19.6. The number of aryl methyl sites for hydroxylation is 1. The van der Waals surface area contributed by atoms with Gasteiger partial charge >= 0.3 is 11.9 Å². The summed E-state index contributed by atoms with van der Waals surface area (Å²) in [6, 6.07) is 0. The number of anilines is 1. The van der Waals surface area contributed by atoms with Crippen molar-refractivity contribution in [3.63, 3.8) is 0 Å². The summed E-state index contributed by atoms with van der Waals surface area (Å²) in [7, 11) is 0. The van der Waals surface area contributed by atoms with E-state index in [-0.39, 0.29) is 12.5 Å². The van der Waals surface area contributed by atoms with Gasteiger partial charge in [-0.25, -0.2) is 4.79 Å². The molecule has 0 saturated carbocycles. The Labute approximate surface area is 162 Å². The average Bonchev–Trinajstić information content (AvgIpc) is 2.82. The number of nitrogens with one attached hydrogen (secondary N) is 1. The second-order valence-electron chi connectivity index (χ2n) is 6.97. The van der Waals surface area contributed by atoms with E-state index in [9.17, 15) is 19.5 Å². The molecule has 0 saturated heterocycles. The van der Waals surface area contributed by atoms with E-state index in [4.69, 9.17) is 4.74 Å². The van der Waals surface area contributed by atoms with Crippen LogP contribution in [0.3, 0.4) is 0 Å². The van der Waals surface area contributed by atoms with Crippen LogP contribution >= 0.6 is 11.3 Å². The van der Waals surface area contributed by atoms with E-state index in [1.165, 1.54) is 11.3 Å². The van der Waals surface area contributed by atoms with Crippen LogP contribution in [0, 0.1) is 11.8 Å². The third-order valence-corrected chi connectivity index (χ3v) is 6.43. The quantitative estimate of drug-likeness (QED) is 0.452. The average molecular weight is 391 g/mol. The third kappa shape index (κ3) is 4.24. The van der Waals surface area contributed by atoms with Gasteiger partial charge in [-0.2, -0.15) is 0 Å². The summed E-state index contributed by atoms with van der Waals surface area (Å²) in [5, 5.41) is 12.8. The maximum absolute atomic E-state index is 12.8. The van der Waals surface area contributed by atoms with Gasteiger partial charge in [0, 0.05) is 4.88 Å². The van der Waals surface area contributed by atoms with Crippen molar-refractivity contribution in [2.75, 3.05) is 11.9 Å². The normalized spacial score (nSPS) is 21.8. The van der Waals surface area contributed by atoms with Crippen molar-refractivity contribution < 1.29 is 24.2 Å². The Morgan fingerprint density at radius 3 is 2.56 bits per heavy atom. The van der Waals surface area contributed by atoms with Gasteiger partial charge in [-0.3, -0.25) is 9.59 Å². The fourth-order valence-electron chi connectivity index (χ4n) is 3.83. The Kier molecular flexibility index (Phi) is 6.31.